The zero-order chi connectivity index (χ0) is 14.7. The van der Waals surface area contributed by atoms with Crippen molar-refractivity contribution in [2.75, 3.05) is 20.6 Å². The predicted molar refractivity (Wildman–Crippen MR) is 86.1 cm³/mol. The van der Waals surface area contributed by atoms with Crippen LogP contribution in [-0.2, 0) is 0 Å². The quantitative estimate of drug-likeness (QED) is 0.381. The summed E-state index contributed by atoms with van der Waals surface area (Å²) in [6.45, 7) is 13.0. The van der Waals surface area contributed by atoms with Crippen molar-refractivity contribution in [2.45, 2.75) is 59.9 Å². The first-order valence-corrected chi connectivity index (χ1v) is 7.88. The predicted octanol–water partition coefficient (Wildman–Crippen LogP) is 1.80. The van der Waals surface area contributed by atoms with Crippen molar-refractivity contribution in [1.82, 2.24) is 0 Å². The molecule has 0 heterocycles. The van der Waals surface area contributed by atoms with Crippen molar-refractivity contribution in [2.24, 2.45) is 11.3 Å². The molecule has 0 fully saturated rings. The second-order valence-corrected chi connectivity index (χ2v) is 7.58. The lowest BCUT2D eigenvalue weighted by molar-refractivity contribution is -0.906. The van der Waals surface area contributed by atoms with E-state index >= 15 is 0 Å². The first-order valence-electron chi connectivity index (χ1n) is 7.88. The maximum absolute atomic E-state index is 2.48. The van der Waals surface area contributed by atoms with Crippen LogP contribution in [0.1, 0.15) is 53.9 Å². The molecule has 1 rings (SSSR count). The molecule has 0 aromatic rings. The zero-order valence-corrected chi connectivity index (χ0v) is 16.7. The van der Waals surface area contributed by atoms with Crippen LogP contribution in [0.3, 0.4) is 0 Å². The van der Waals surface area contributed by atoms with E-state index in [9.17, 15) is 0 Å². The molecule has 0 aliphatic heterocycles. The Kier molecular flexibility index (Phi) is 8.04. The molecule has 0 amide bonds. The number of likely N-dealkylation sites (N-methyl/N-ethyl adjacent to an activating group) is 1. The molecule has 0 aromatic heterocycles. The van der Waals surface area contributed by atoms with Crippen LogP contribution in [-0.4, -0.2) is 31.2 Å². The first kappa shape index (κ1) is 20.2. The molecule has 2 atom stereocenters. The van der Waals surface area contributed by atoms with Gasteiger partial charge in [0.1, 0.15) is 6.04 Å². The highest BCUT2D eigenvalue weighted by atomic mass is 127. The fourth-order valence-corrected chi connectivity index (χ4v) is 3.27. The van der Waals surface area contributed by atoms with Crippen LogP contribution < -0.4 is 24.0 Å². The molecule has 0 saturated carbocycles. The first-order chi connectivity index (χ1) is 8.70. The Morgan fingerprint density at radius 3 is 2.50 bits per heavy atom. The summed E-state index contributed by atoms with van der Waals surface area (Å²) in [4.78, 5) is 0. The van der Waals surface area contributed by atoms with Crippen LogP contribution in [0, 0.1) is 11.3 Å². The van der Waals surface area contributed by atoms with E-state index in [1.807, 2.05) is 0 Å². The highest BCUT2D eigenvalue weighted by Gasteiger charge is 2.31. The summed E-state index contributed by atoms with van der Waals surface area (Å²) in [5.41, 5.74) is 1.97. The van der Waals surface area contributed by atoms with E-state index in [1.54, 1.807) is 5.57 Å². The Labute approximate surface area is 144 Å². The summed E-state index contributed by atoms with van der Waals surface area (Å²) in [7, 11) is 4.68. The molecule has 0 saturated heterocycles. The number of rotatable bonds is 5. The van der Waals surface area contributed by atoms with Crippen molar-refractivity contribution in [1.29, 1.82) is 0 Å². The van der Waals surface area contributed by atoms with Gasteiger partial charge in [0.15, 0.2) is 0 Å². The Hall–Kier alpha value is 0.170. The Bertz CT molecular complexity index is 352. The van der Waals surface area contributed by atoms with Crippen molar-refractivity contribution in [3.63, 3.8) is 0 Å². The van der Waals surface area contributed by atoms with Crippen molar-refractivity contribution >= 4 is 0 Å². The van der Waals surface area contributed by atoms with Crippen LogP contribution in [0.15, 0.2) is 23.8 Å². The maximum atomic E-state index is 2.48. The van der Waals surface area contributed by atoms with Crippen LogP contribution in [0.2, 0.25) is 0 Å². The average Bonchev–Trinajstić information content (AvgIpc) is 2.27. The summed E-state index contributed by atoms with van der Waals surface area (Å²) in [5, 5.41) is 0. The van der Waals surface area contributed by atoms with Gasteiger partial charge in [0.2, 0.25) is 0 Å². The average molecular weight is 391 g/mol. The third kappa shape index (κ3) is 5.18. The molecule has 0 spiro atoms. The van der Waals surface area contributed by atoms with Gasteiger partial charge >= 0.3 is 0 Å². The number of hydrogen-bond acceptors (Lipinski definition) is 0. The molecule has 1 aliphatic carbocycles. The van der Waals surface area contributed by atoms with Crippen molar-refractivity contribution in [3.05, 3.63) is 23.8 Å². The van der Waals surface area contributed by atoms with E-state index in [4.69, 9.17) is 0 Å². The normalized spacial score (nSPS) is 24.1. The van der Waals surface area contributed by atoms with Gasteiger partial charge < -0.3 is 28.5 Å². The van der Waals surface area contributed by atoms with Gasteiger partial charge in [0.05, 0.1) is 20.6 Å². The lowest BCUT2D eigenvalue weighted by atomic mass is 9.68. The van der Waals surface area contributed by atoms with Crippen LogP contribution in [0.5, 0.6) is 0 Å². The molecular formula is C18H34IN. The minimum Gasteiger partial charge on any atom is -1.00 e. The van der Waals surface area contributed by atoms with Gasteiger partial charge in [0, 0.05) is 5.92 Å². The molecule has 1 aliphatic rings. The third-order valence-corrected chi connectivity index (χ3v) is 5.07. The van der Waals surface area contributed by atoms with Gasteiger partial charge in [0.25, 0.3) is 0 Å². The number of nitrogens with zero attached hydrogens (tertiary/aromatic N) is 1. The van der Waals surface area contributed by atoms with Crippen LogP contribution >= 0.6 is 0 Å². The molecule has 20 heavy (non-hydrogen) atoms. The summed E-state index contributed by atoms with van der Waals surface area (Å²) in [6.07, 6.45) is 11.2. The molecule has 0 N–H and O–H groups in total. The van der Waals surface area contributed by atoms with E-state index < -0.39 is 0 Å². The second-order valence-electron chi connectivity index (χ2n) is 7.58. The van der Waals surface area contributed by atoms with E-state index in [-0.39, 0.29) is 24.0 Å². The van der Waals surface area contributed by atoms with Gasteiger partial charge in [-0.1, -0.05) is 38.5 Å². The Morgan fingerprint density at radius 2 is 2.00 bits per heavy atom. The fraction of sp³-hybridized carbons (Fsp3) is 0.778. The minimum absolute atomic E-state index is 0. The summed E-state index contributed by atoms with van der Waals surface area (Å²) >= 11 is 0. The monoisotopic (exact) mass is 391 g/mol. The highest BCUT2D eigenvalue weighted by molar-refractivity contribution is 5.19. The largest absolute Gasteiger partial charge is 1.00 e. The molecule has 118 valence electrons. The molecule has 0 bridgehead atoms. The second kappa shape index (κ2) is 7.98. The molecular weight excluding hydrogens is 357 g/mol. The Balaban J connectivity index is 0.00000361. The Morgan fingerprint density at radius 1 is 1.40 bits per heavy atom. The minimum atomic E-state index is 0. The van der Waals surface area contributed by atoms with E-state index in [0.29, 0.717) is 17.4 Å². The third-order valence-electron chi connectivity index (χ3n) is 5.07. The molecule has 1 nitrogen and oxygen atoms in total. The molecule has 2 heteroatoms. The number of allylic oxidation sites excluding steroid dienone is 3. The zero-order valence-electron chi connectivity index (χ0n) is 14.5. The lowest BCUT2D eigenvalue weighted by Crippen LogP contribution is -3.00. The van der Waals surface area contributed by atoms with E-state index in [0.717, 1.165) is 4.48 Å². The summed E-state index contributed by atoms with van der Waals surface area (Å²) in [5.74, 6) is 0.616. The van der Waals surface area contributed by atoms with Crippen LogP contribution in [0.25, 0.3) is 0 Å². The number of quaternary nitrogens is 1. The summed E-state index contributed by atoms with van der Waals surface area (Å²) < 4.78 is 1.09. The lowest BCUT2D eigenvalue weighted by Gasteiger charge is -2.38. The van der Waals surface area contributed by atoms with Gasteiger partial charge in [-0.05, 0) is 44.6 Å². The van der Waals surface area contributed by atoms with Gasteiger partial charge in [-0.25, -0.2) is 0 Å². The number of hydrogen-bond donors (Lipinski definition) is 0. The van der Waals surface area contributed by atoms with E-state index in [2.05, 4.69) is 66.9 Å². The van der Waals surface area contributed by atoms with Gasteiger partial charge in [-0.3, -0.25) is 0 Å². The van der Waals surface area contributed by atoms with Gasteiger partial charge in [-0.2, -0.15) is 0 Å². The fourth-order valence-electron chi connectivity index (χ4n) is 3.27. The SMILES string of the molecule is CCC[N+](C)(C)C(C)C=CC1C(C)=CCCC1(C)C.[I-]. The smallest absolute Gasteiger partial charge is 0.104 e. The summed E-state index contributed by atoms with van der Waals surface area (Å²) in [6, 6.07) is 0.588. The molecule has 2 unspecified atom stereocenters. The maximum Gasteiger partial charge on any atom is 0.104 e. The molecule has 0 radical (unpaired) electrons. The molecule has 0 aromatic carbocycles. The van der Waals surface area contributed by atoms with Gasteiger partial charge in [-0.15, -0.1) is 0 Å². The van der Waals surface area contributed by atoms with E-state index in [1.165, 1.54) is 25.8 Å². The topological polar surface area (TPSA) is 0 Å². The van der Waals surface area contributed by atoms with Crippen molar-refractivity contribution < 1.29 is 28.5 Å². The van der Waals surface area contributed by atoms with Crippen molar-refractivity contribution in [3.8, 4) is 0 Å². The standard InChI is InChI=1S/C18H34N.HI/c1-8-14-19(6,7)16(3)11-12-17-15(2)10-9-13-18(17,4)5;/h10-12,16-17H,8-9,13-14H2,1-7H3;1H/q+1;/p-1. The van der Waals surface area contributed by atoms with Crippen LogP contribution in [0.4, 0.5) is 0 Å². The highest BCUT2D eigenvalue weighted by Crippen LogP contribution is 2.41. The number of halogens is 1.